The van der Waals surface area contributed by atoms with Gasteiger partial charge in [0.2, 0.25) is 0 Å². The summed E-state index contributed by atoms with van der Waals surface area (Å²) < 4.78 is 13.3. The van der Waals surface area contributed by atoms with Gasteiger partial charge in [-0.05, 0) is 15.9 Å². The van der Waals surface area contributed by atoms with Crippen LogP contribution < -0.4 is 4.74 Å². The van der Waals surface area contributed by atoms with E-state index in [0.29, 0.717) is 23.2 Å². The van der Waals surface area contributed by atoms with Gasteiger partial charge < -0.3 is 9.47 Å². The first-order chi connectivity index (χ1) is 8.24. The van der Waals surface area contributed by atoms with Crippen LogP contribution in [-0.2, 0) is 4.74 Å². The van der Waals surface area contributed by atoms with E-state index in [9.17, 15) is 0 Å². The molecule has 0 amide bonds. The quantitative estimate of drug-likeness (QED) is 0.852. The van der Waals surface area contributed by atoms with Gasteiger partial charge in [-0.3, -0.25) is 0 Å². The van der Waals surface area contributed by atoms with Crippen LogP contribution in [0.15, 0.2) is 16.9 Å². The van der Waals surface area contributed by atoms with Crippen LogP contribution in [0.25, 0.3) is 5.65 Å². The summed E-state index contributed by atoms with van der Waals surface area (Å²) in [5, 5.41) is 4.76. The zero-order valence-corrected chi connectivity index (χ0v) is 11.1. The first-order valence-electron chi connectivity index (χ1n) is 5.18. The van der Waals surface area contributed by atoms with Crippen molar-refractivity contribution in [2.45, 2.75) is 12.5 Å². The Hall–Kier alpha value is -0.850. The van der Waals surface area contributed by atoms with Crippen LogP contribution in [0.3, 0.4) is 0 Å². The lowest BCUT2D eigenvalue weighted by Crippen LogP contribution is -2.17. The second-order valence-corrected chi connectivity index (χ2v) is 4.97. The minimum Gasteiger partial charge on any atom is -0.470 e. The van der Waals surface area contributed by atoms with E-state index < -0.39 is 0 Å². The molecular formula is C10H9BrClN3O2. The van der Waals surface area contributed by atoms with Crippen molar-refractivity contribution in [3.05, 3.63) is 21.9 Å². The normalized spacial score (nSPS) is 20.0. The molecule has 2 aromatic rings. The highest BCUT2D eigenvalue weighted by atomic mass is 79.9. The fourth-order valence-corrected chi connectivity index (χ4v) is 2.24. The molecule has 0 saturated carbocycles. The van der Waals surface area contributed by atoms with Crippen molar-refractivity contribution >= 4 is 33.2 Å². The molecular weight excluding hydrogens is 309 g/mol. The number of imidazole rings is 1. The third-order valence-electron chi connectivity index (χ3n) is 2.54. The summed E-state index contributed by atoms with van der Waals surface area (Å²) in [6, 6.07) is 1.73. The Balaban J connectivity index is 1.96. The topological polar surface area (TPSA) is 48.7 Å². The number of rotatable bonds is 2. The first kappa shape index (κ1) is 11.3. The van der Waals surface area contributed by atoms with E-state index in [4.69, 9.17) is 21.1 Å². The second-order valence-electron chi connectivity index (χ2n) is 3.75. The third kappa shape index (κ3) is 2.12. The van der Waals surface area contributed by atoms with Crippen LogP contribution in [0.1, 0.15) is 6.42 Å². The number of aromatic nitrogens is 3. The Morgan fingerprint density at radius 1 is 1.59 bits per heavy atom. The van der Waals surface area contributed by atoms with Gasteiger partial charge in [0.1, 0.15) is 15.7 Å². The minimum absolute atomic E-state index is 0.0275. The predicted molar refractivity (Wildman–Crippen MR) is 65.5 cm³/mol. The summed E-state index contributed by atoms with van der Waals surface area (Å²) in [4.78, 5) is 4.14. The molecule has 1 fully saturated rings. The fourth-order valence-electron chi connectivity index (χ4n) is 1.69. The van der Waals surface area contributed by atoms with Gasteiger partial charge in [-0.2, -0.15) is 0 Å². The van der Waals surface area contributed by atoms with Crippen LogP contribution >= 0.6 is 27.5 Å². The maximum absolute atomic E-state index is 6.09. The first-order valence-corrected chi connectivity index (χ1v) is 6.35. The highest BCUT2D eigenvalue weighted by Crippen LogP contribution is 2.26. The number of halogens is 2. The Morgan fingerprint density at radius 2 is 2.47 bits per heavy atom. The summed E-state index contributed by atoms with van der Waals surface area (Å²) in [7, 11) is 0. The molecule has 3 heterocycles. The van der Waals surface area contributed by atoms with Crippen LogP contribution in [0, 0.1) is 0 Å². The molecule has 5 nitrogen and oxygen atoms in total. The van der Waals surface area contributed by atoms with Gasteiger partial charge in [0.25, 0.3) is 5.88 Å². The number of fused-ring (bicyclic) bond motifs is 1. The molecule has 0 bridgehead atoms. The Bertz CT molecular complexity index is 554. The van der Waals surface area contributed by atoms with E-state index in [-0.39, 0.29) is 6.10 Å². The van der Waals surface area contributed by atoms with E-state index in [1.165, 1.54) is 0 Å². The van der Waals surface area contributed by atoms with E-state index in [1.807, 2.05) is 0 Å². The average Bonchev–Trinajstić information content (AvgIpc) is 2.92. The molecule has 3 rings (SSSR count). The highest BCUT2D eigenvalue weighted by molar-refractivity contribution is 9.10. The van der Waals surface area contributed by atoms with Crippen molar-refractivity contribution < 1.29 is 9.47 Å². The summed E-state index contributed by atoms with van der Waals surface area (Å²) in [6.07, 6.45) is 2.56. The molecule has 2 aromatic heterocycles. The molecule has 7 heteroatoms. The van der Waals surface area contributed by atoms with Gasteiger partial charge in [-0.25, -0.2) is 9.50 Å². The van der Waals surface area contributed by atoms with Crippen molar-refractivity contribution in [1.82, 2.24) is 14.6 Å². The lowest BCUT2D eigenvalue weighted by molar-refractivity contribution is 0.137. The number of hydrogen-bond donors (Lipinski definition) is 0. The van der Waals surface area contributed by atoms with E-state index in [0.717, 1.165) is 17.6 Å². The van der Waals surface area contributed by atoms with Crippen molar-refractivity contribution in [3.8, 4) is 5.88 Å². The van der Waals surface area contributed by atoms with Gasteiger partial charge in [0.15, 0.2) is 5.65 Å². The minimum atomic E-state index is 0.0275. The molecule has 0 spiro atoms. The SMILES string of the molecule is Clc1cc2ncc(Br)n2nc1O[C@H]1CCOC1. The van der Waals surface area contributed by atoms with Crippen molar-refractivity contribution in [2.24, 2.45) is 0 Å². The van der Waals surface area contributed by atoms with Crippen LogP contribution in [0.2, 0.25) is 5.02 Å². The standard InChI is InChI=1S/C10H9BrClN3O2/c11-8-4-13-9-3-7(12)10(14-15(8)9)17-6-1-2-16-5-6/h3-4,6H,1-2,5H2/t6-/m0/s1. The smallest absolute Gasteiger partial charge is 0.251 e. The van der Waals surface area contributed by atoms with Crippen molar-refractivity contribution in [2.75, 3.05) is 13.2 Å². The molecule has 1 saturated heterocycles. The predicted octanol–water partition coefficient (Wildman–Crippen LogP) is 2.31. The molecule has 0 aromatic carbocycles. The summed E-state index contributed by atoms with van der Waals surface area (Å²) in [5.74, 6) is 0.411. The van der Waals surface area contributed by atoms with Crippen LogP contribution in [0.4, 0.5) is 0 Å². The molecule has 0 radical (unpaired) electrons. The maximum atomic E-state index is 6.09. The van der Waals surface area contributed by atoms with Gasteiger partial charge in [0.05, 0.1) is 19.4 Å². The van der Waals surface area contributed by atoms with Crippen molar-refractivity contribution in [3.63, 3.8) is 0 Å². The van der Waals surface area contributed by atoms with Crippen LogP contribution in [0.5, 0.6) is 5.88 Å². The van der Waals surface area contributed by atoms with Crippen LogP contribution in [-0.4, -0.2) is 33.9 Å². The summed E-state index contributed by atoms with van der Waals surface area (Å²) >= 11 is 9.45. The molecule has 1 atom stereocenters. The fraction of sp³-hybridized carbons (Fsp3) is 0.400. The largest absolute Gasteiger partial charge is 0.470 e. The van der Waals surface area contributed by atoms with Gasteiger partial charge >= 0.3 is 0 Å². The van der Waals surface area contributed by atoms with Crippen molar-refractivity contribution in [1.29, 1.82) is 0 Å². The monoisotopic (exact) mass is 317 g/mol. The Morgan fingerprint density at radius 3 is 3.24 bits per heavy atom. The lowest BCUT2D eigenvalue weighted by Gasteiger charge is -2.12. The van der Waals surface area contributed by atoms with Gasteiger partial charge in [0, 0.05) is 12.5 Å². The average molecular weight is 319 g/mol. The lowest BCUT2D eigenvalue weighted by atomic mass is 10.3. The molecule has 90 valence electrons. The highest BCUT2D eigenvalue weighted by Gasteiger charge is 2.20. The van der Waals surface area contributed by atoms with E-state index in [1.54, 1.807) is 16.8 Å². The number of nitrogens with zero attached hydrogens (tertiary/aromatic N) is 3. The molecule has 0 N–H and O–H groups in total. The Labute approximate surface area is 111 Å². The molecule has 1 aliphatic rings. The summed E-state index contributed by atoms with van der Waals surface area (Å²) in [5.41, 5.74) is 0.678. The molecule has 0 unspecified atom stereocenters. The number of hydrogen-bond acceptors (Lipinski definition) is 4. The Kier molecular flexibility index (Phi) is 2.94. The second kappa shape index (κ2) is 4.44. The zero-order valence-electron chi connectivity index (χ0n) is 8.77. The van der Waals surface area contributed by atoms with Gasteiger partial charge in [-0.15, -0.1) is 5.10 Å². The number of ether oxygens (including phenoxy) is 2. The van der Waals surface area contributed by atoms with Gasteiger partial charge in [-0.1, -0.05) is 11.6 Å². The molecule has 0 aliphatic carbocycles. The zero-order chi connectivity index (χ0) is 11.8. The molecule has 1 aliphatic heterocycles. The molecule has 17 heavy (non-hydrogen) atoms. The van der Waals surface area contributed by atoms with E-state index in [2.05, 4.69) is 26.0 Å². The maximum Gasteiger partial charge on any atom is 0.251 e. The summed E-state index contributed by atoms with van der Waals surface area (Å²) in [6.45, 7) is 1.31. The van der Waals surface area contributed by atoms with E-state index >= 15 is 0 Å². The third-order valence-corrected chi connectivity index (χ3v) is 3.35.